The Morgan fingerprint density at radius 1 is 1.03 bits per heavy atom. The first-order chi connectivity index (χ1) is 14.9. The molecule has 5 nitrogen and oxygen atoms in total. The fourth-order valence-corrected chi connectivity index (χ4v) is 2.88. The third-order valence-electron chi connectivity index (χ3n) is 3.98. The minimum atomic E-state index is -0.741. The average Bonchev–Trinajstić information content (AvgIpc) is 2.74. The molecule has 1 N–H and O–H groups in total. The lowest BCUT2D eigenvalue weighted by molar-refractivity contribution is -0.112. The van der Waals surface area contributed by atoms with Crippen molar-refractivity contribution in [2.75, 3.05) is 5.32 Å². The highest BCUT2D eigenvalue weighted by Gasteiger charge is 2.13. The lowest BCUT2D eigenvalue weighted by atomic mass is 10.1. The van der Waals surface area contributed by atoms with Crippen molar-refractivity contribution in [3.63, 3.8) is 0 Å². The summed E-state index contributed by atoms with van der Waals surface area (Å²) in [7, 11) is 0. The molecule has 0 fully saturated rings. The van der Waals surface area contributed by atoms with Gasteiger partial charge in [0.25, 0.3) is 5.91 Å². The molecule has 8 heteroatoms. The van der Waals surface area contributed by atoms with Crippen LogP contribution in [0.4, 0.5) is 10.1 Å². The zero-order valence-electron chi connectivity index (χ0n) is 15.7. The van der Waals surface area contributed by atoms with Crippen molar-refractivity contribution < 1.29 is 18.7 Å². The predicted octanol–water partition coefficient (Wildman–Crippen LogP) is 5.90. The molecule has 0 saturated heterocycles. The Kier molecular flexibility index (Phi) is 7.03. The van der Waals surface area contributed by atoms with Crippen LogP contribution in [0.5, 0.6) is 5.75 Å². The minimum absolute atomic E-state index is 0.0523. The maximum atomic E-state index is 13.3. The van der Waals surface area contributed by atoms with E-state index in [1.807, 2.05) is 6.07 Å². The van der Waals surface area contributed by atoms with Crippen LogP contribution < -0.4 is 10.1 Å². The molecular weight excluding hydrogens is 442 g/mol. The maximum Gasteiger partial charge on any atom is 0.343 e. The SMILES string of the molecule is N#C/C(=C\c1cccc(OC(=O)c2cccc(F)c2)c1)C(=O)Nc1cc(Cl)ccc1Cl. The first-order valence-electron chi connectivity index (χ1n) is 8.82. The number of hydrogen-bond donors (Lipinski definition) is 1. The van der Waals surface area contributed by atoms with E-state index in [4.69, 9.17) is 27.9 Å². The van der Waals surface area contributed by atoms with Gasteiger partial charge in [-0.1, -0.05) is 41.4 Å². The van der Waals surface area contributed by atoms with Gasteiger partial charge in [0.05, 0.1) is 16.3 Å². The zero-order valence-corrected chi connectivity index (χ0v) is 17.2. The summed E-state index contributed by atoms with van der Waals surface area (Å²) in [4.78, 5) is 24.6. The topological polar surface area (TPSA) is 79.2 Å². The molecule has 0 atom stereocenters. The van der Waals surface area contributed by atoms with Gasteiger partial charge in [-0.05, 0) is 60.2 Å². The number of nitrogens with one attached hydrogen (secondary N) is 1. The molecule has 0 unspecified atom stereocenters. The van der Waals surface area contributed by atoms with Crippen LogP contribution >= 0.6 is 23.2 Å². The van der Waals surface area contributed by atoms with Gasteiger partial charge in [0.15, 0.2) is 0 Å². The van der Waals surface area contributed by atoms with E-state index in [1.165, 1.54) is 48.5 Å². The van der Waals surface area contributed by atoms with Crippen molar-refractivity contribution >= 4 is 46.8 Å². The number of nitrogens with zero attached hydrogens (tertiary/aromatic N) is 1. The average molecular weight is 455 g/mol. The number of ether oxygens (including phenoxy) is 1. The van der Waals surface area contributed by atoms with Crippen molar-refractivity contribution in [3.05, 3.63) is 99.3 Å². The number of esters is 1. The number of rotatable bonds is 5. The summed E-state index contributed by atoms with van der Waals surface area (Å²) in [5, 5.41) is 12.6. The van der Waals surface area contributed by atoms with E-state index in [-0.39, 0.29) is 27.6 Å². The summed E-state index contributed by atoms with van der Waals surface area (Å²) in [6, 6.07) is 17.7. The van der Waals surface area contributed by atoms with Crippen LogP contribution in [0.25, 0.3) is 6.08 Å². The maximum absolute atomic E-state index is 13.3. The molecule has 0 radical (unpaired) electrons. The van der Waals surface area contributed by atoms with Crippen LogP contribution in [0, 0.1) is 17.1 Å². The van der Waals surface area contributed by atoms with Gasteiger partial charge >= 0.3 is 5.97 Å². The van der Waals surface area contributed by atoms with Crippen LogP contribution in [0.3, 0.4) is 0 Å². The summed E-state index contributed by atoms with van der Waals surface area (Å²) in [5.74, 6) is -1.82. The van der Waals surface area contributed by atoms with Gasteiger partial charge in [0, 0.05) is 5.02 Å². The van der Waals surface area contributed by atoms with Gasteiger partial charge in [-0.3, -0.25) is 4.79 Å². The molecule has 0 heterocycles. The molecule has 0 aliphatic heterocycles. The Labute approximate surface area is 187 Å². The number of anilines is 1. The molecule has 154 valence electrons. The van der Waals surface area contributed by atoms with Crippen molar-refractivity contribution in [2.24, 2.45) is 0 Å². The highest BCUT2D eigenvalue weighted by Crippen LogP contribution is 2.26. The van der Waals surface area contributed by atoms with E-state index in [9.17, 15) is 19.2 Å². The number of carbonyl (C=O) groups is 2. The lowest BCUT2D eigenvalue weighted by Gasteiger charge is -2.08. The van der Waals surface area contributed by atoms with Gasteiger partial charge in [0.1, 0.15) is 23.2 Å². The van der Waals surface area contributed by atoms with E-state index in [1.54, 1.807) is 18.2 Å². The van der Waals surface area contributed by atoms with E-state index in [2.05, 4.69) is 5.32 Å². The standard InChI is InChI=1S/C23H13Cl2FN2O3/c24-17-7-8-20(25)21(12-17)28-22(29)16(13-27)9-14-3-1-6-19(10-14)31-23(30)15-4-2-5-18(26)11-15/h1-12H,(H,28,29)/b16-9+. The van der Waals surface area contributed by atoms with Crippen molar-refractivity contribution in [3.8, 4) is 11.8 Å². The second-order valence-electron chi connectivity index (χ2n) is 6.22. The Balaban J connectivity index is 1.78. The number of benzene rings is 3. The van der Waals surface area contributed by atoms with Gasteiger partial charge in [-0.15, -0.1) is 0 Å². The van der Waals surface area contributed by atoms with Crippen molar-refractivity contribution in [1.29, 1.82) is 5.26 Å². The molecule has 1 amide bonds. The Morgan fingerprint density at radius 2 is 1.81 bits per heavy atom. The third-order valence-corrected chi connectivity index (χ3v) is 4.55. The smallest absolute Gasteiger partial charge is 0.343 e. The fraction of sp³-hybridized carbons (Fsp3) is 0. The molecule has 3 aromatic rings. The molecule has 0 aromatic heterocycles. The summed E-state index contributed by atoms with van der Waals surface area (Å²) >= 11 is 11.9. The summed E-state index contributed by atoms with van der Waals surface area (Å²) < 4.78 is 18.5. The van der Waals surface area contributed by atoms with E-state index in [0.29, 0.717) is 10.6 Å². The molecule has 3 rings (SSSR count). The number of nitriles is 1. The third kappa shape index (κ3) is 5.92. The molecular formula is C23H13Cl2FN2O3. The minimum Gasteiger partial charge on any atom is -0.423 e. The van der Waals surface area contributed by atoms with Crippen LogP contribution in [-0.4, -0.2) is 11.9 Å². The summed E-state index contributed by atoms with van der Waals surface area (Å²) in [6.07, 6.45) is 1.33. The molecule has 3 aromatic carbocycles. The van der Waals surface area contributed by atoms with E-state index in [0.717, 1.165) is 6.07 Å². The Bertz CT molecular complexity index is 1240. The van der Waals surface area contributed by atoms with Gasteiger partial charge in [-0.2, -0.15) is 5.26 Å². The molecule has 0 aliphatic rings. The Morgan fingerprint density at radius 3 is 2.55 bits per heavy atom. The molecule has 0 spiro atoms. The van der Waals surface area contributed by atoms with Crippen LogP contribution in [-0.2, 0) is 4.79 Å². The first kappa shape index (κ1) is 22.0. The number of amides is 1. The fourth-order valence-electron chi connectivity index (χ4n) is 2.55. The number of halogens is 3. The van der Waals surface area contributed by atoms with E-state index < -0.39 is 17.7 Å². The van der Waals surface area contributed by atoms with Crippen molar-refractivity contribution in [1.82, 2.24) is 0 Å². The second-order valence-corrected chi connectivity index (χ2v) is 7.06. The Hall–Kier alpha value is -3.66. The zero-order chi connectivity index (χ0) is 22.4. The summed E-state index contributed by atoms with van der Waals surface area (Å²) in [5.41, 5.74) is 0.549. The molecule has 0 bridgehead atoms. The normalized spacial score (nSPS) is 10.8. The molecule has 0 saturated carbocycles. The molecule has 0 aliphatic carbocycles. The van der Waals surface area contributed by atoms with Gasteiger partial charge in [-0.25, -0.2) is 9.18 Å². The highest BCUT2D eigenvalue weighted by molar-refractivity contribution is 6.36. The summed E-state index contributed by atoms with van der Waals surface area (Å²) in [6.45, 7) is 0. The first-order valence-corrected chi connectivity index (χ1v) is 9.57. The largest absolute Gasteiger partial charge is 0.423 e. The quantitative estimate of drug-likeness (QED) is 0.225. The second kappa shape index (κ2) is 9.90. The van der Waals surface area contributed by atoms with Crippen LogP contribution in [0.2, 0.25) is 10.0 Å². The number of hydrogen-bond acceptors (Lipinski definition) is 4. The van der Waals surface area contributed by atoms with Crippen LogP contribution in [0.15, 0.2) is 72.3 Å². The lowest BCUT2D eigenvalue weighted by Crippen LogP contribution is -2.13. The number of carbonyl (C=O) groups excluding carboxylic acids is 2. The van der Waals surface area contributed by atoms with Gasteiger partial charge < -0.3 is 10.1 Å². The van der Waals surface area contributed by atoms with Gasteiger partial charge in [0.2, 0.25) is 0 Å². The predicted molar refractivity (Wildman–Crippen MR) is 116 cm³/mol. The van der Waals surface area contributed by atoms with E-state index >= 15 is 0 Å². The van der Waals surface area contributed by atoms with Crippen molar-refractivity contribution in [2.45, 2.75) is 0 Å². The van der Waals surface area contributed by atoms with Crippen LogP contribution in [0.1, 0.15) is 15.9 Å². The molecule has 31 heavy (non-hydrogen) atoms. The highest BCUT2D eigenvalue weighted by atomic mass is 35.5. The monoisotopic (exact) mass is 454 g/mol.